The molecule has 2 aromatic carbocycles. The average molecular weight is 307 g/mol. The second kappa shape index (κ2) is 5.80. The van der Waals surface area contributed by atoms with Crippen LogP contribution < -0.4 is 11.1 Å². The maximum absolute atomic E-state index is 12.5. The van der Waals surface area contributed by atoms with Crippen LogP contribution in [0.4, 0.5) is 0 Å². The number of carbonyl (C=O) groups excluding carboxylic acids is 1. The summed E-state index contributed by atoms with van der Waals surface area (Å²) in [5.41, 5.74) is 10.8. The Labute approximate surface area is 136 Å². The molecule has 0 saturated carbocycles. The molecule has 2 atom stereocenters. The fourth-order valence-corrected chi connectivity index (χ4v) is 4.01. The van der Waals surface area contributed by atoms with Gasteiger partial charge in [-0.2, -0.15) is 0 Å². The topological polar surface area (TPSA) is 58.4 Å². The molecule has 3 N–H and O–H groups in total. The van der Waals surface area contributed by atoms with E-state index in [4.69, 9.17) is 5.73 Å². The molecule has 0 aromatic heterocycles. The van der Waals surface area contributed by atoms with Crippen LogP contribution in [0.25, 0.3) is 0 Å². The fourth-order valence-electron chi connectivity index (χ4n) is 4.01. The second-order valence-corrected chi connectivity index (χ2v) is 6.28. The first-order valence-corrected chi connectivity index (χ1v) is 8.18. The Balaban J connectivity index is 1.90. The van der Waals surface area contributed by atoms with Crippen LogP contribution in [0, 0.1) is 0 Å². The highest BCUT2D eigenvalue weighted by Gasteiger charge is 2.40. The molecule has 0 radical (unpaired) electrons. The lowest BCUT2D eigenvalue weighted by Crippen LogP contribution is -2.53. The number of benzene rings is 2. The predicted octanol–water partition coefficient (Wildman–Crippen LogP) is 1.76. The maximum atomic E-state index is 12.5. The molecule has 0 unspecified atom stereocenters. The highest BCUT2D eigenvalue weighted by Crippen LogP contribution is 2.41. The first kappa shape index (κ1) is 14.4. The molecule has 1 amide bonds. The van der Waals surface area contributed by atoms with E-state index in [9.17, 15) is 4.79 Å². The SMILES string of the molecule is NCc1cccc2c1[C@H](c1ccccc1)CN1CCNC(=O)[C@@H]21. The van der Waals surface area contributed by atoms with Crippen molar-refractivity contribution in [1.82, 2.24) is 10.2 Å². The van der Waals surface area contributed by atoms with Gasteiger partial charge >= 0.3 is 0 Å². The van der Waals surface area contributed by atoms with Gasteiger partial charge in [0.05, 0.1) is 0 Å². The summed E-state index contributed by atoms with van der Waals surface area (Å²) in [6.07, 6.45) is 0. The van der Waals surface area contributed by atoms with E-state index in [0.29, 0.717) is 6.54 Å². The van der Waals surface area contributed by atoms with Crippen molar-refractivity contribution in [2.45, 2.75) is 18.5 Å². The van der Waals surface area contributed by atoms with Gasteiger partial charge in [0, 0.05) is 32.1 Å². The zero-order valence-corrected chi connectivity index (χ0v) is 13.0. The number of amides is 1. The number of nitrogens with one attached hydrogen (secondary N) is 1. The van der Waals surface area contributed by atoms with Gasteiger partial charge < -0.3 is 11.1 Å². The van der Waals surface area contributed by atoms with Gasteiger partial charge in [-0.25, -0.2) is 0 Å². The molecular weight excluding hydrogens is 286 g/mol. The zero-order chi connectivity index (χ0) is 15.8. The molecule has 4 nitrogen and oxygen atoms in total. The molecule has 2 aliphatic heterocycles. The third-order valence-electron chi connectivity index (χ3n) is 5.02. The summed E-state index contributed by atoms with van der Waals surface area (Å²) < 4.78 is 0. The normalized spacial score (nSPS) is 23.8. The van der Waals surface area contributed by atoms with Crippen molar-refractivity contribution >= 4 is 5.91 Å². The zero-order valence-electron chi connectivity index (χ0n) is 13.0. The van der Waals surface area contributed by atoms with Crippen molar-refractivity contribution < 1.29 is 4.79 Å². The van der Waals surface area contributed by atoms with E-state index in [2.05, 4.69) is 46.6 Å². The quantitative estimate of drug-likeness (QED) is 0.889. The number of rotatable bonds is 2. The number of hydrogen-bond acceptors (Lipinski definition) is 3. The summed E-state index contributed by atoms with van der Waals surface area (Å²) in [5, 5.41) is 3.00. The maximum Gasteiger partial charge on any atom is 0.242 e. The van der Waals surface area contributed by atoms with Crippen LogP contribution in [0.5, 0.6) is 0 Å². The minimum Gasteiger partial charge on any atom is -0.353 e. The van der Waals surface area contributed by atoms with Crippen LogP contribution >= 0.6 is 0 Å². The van der Waals surface area contributed by atoms with Gasteiger partial charge in [-0.15, -0.1) is 0 Å². The molecule has 2 aromatic rings. The summed E-state index contributed by atoms with van der Waals surface area (Å²) in [5.74, 6) is 0.381. The predicted molar refractivity (Wildman–Crippen MR) is 89.9 cm³/mol. The largest absolute Gasteiger partial charge is 0.353 e. The van der Waals surface area contributed by atoms with Gasteiger partial charge in [0.15, 0.2) is 0 Å². The second-order valence-electron chi connectivity index (χ2n) is 6.28. The molecule has 0 bridgehead atoms. The molecular formula is C19H21N3O. The molecule has 23 heavy (non-hydrogen) atoms. The van der Waals surface area contributed by atoms with E-state index in [1.807, 2.05) is 12.1 Å². The van der Waals surface area contributed by atoms with Gasteiger partial charge in [0.1, 0.15) is 6.04 Å². The van der Waals surface area contributed by atoms with Crippen LogP contribution in [0.15, 0.2) is 48.5 Å². The van der Waals surface area contributed by atoms with Gasteiger partial charge in [0.2, 0.25) is 5.91 Å². The molecule has 2 aliphatic rings. The van der Waals surface area contributed by atoms with Crippen molar-refractivity contribution in [3.63, 3.8) is 0 Å². The van der Waals surface area contributed by atoms with Gasteiger partial charge in [0.25, 0.3) is 0 Å². The number of piperazine rings is 1. The Hall–Kier alpha value is -2.17. The van der Waals surface area contributed by atoms with Crippen molar-refractivity contribution in [3.05, 3.63) is 70.8 Å². The van der Waals surface area contributed by atoms with Crippen molar-refractivity contribution in [2.24, 2.45) is 5.73 Å². The number of nitrogens with zero attached hydrogens (tertiary/aromatic N) is 1. The Morgan fingerprint density at radius 1 is 1.13 bits per heavy atom. The third-order valence-corrected chi connectivity index (χ3v) is 5.02. The van der Waals surface area contributed by atoms with E-state index >= 15 is 0 Å². The van der Waals surface area contributed by atoms with E-state index in [1.54, 1.807) is 0 Å². The molecule has 118 valence electrons. The molecule has 0 spiro atoms. The van der Waals surface area contributed by atoms with Crippen LogP contribution in [-0.2, 0) is 11.3 Å². The molecule has 0 aliphatic carbocycles. The number of hydrogen-bond donors (Lipinski definition) is 2. The summed E-state index contributed by atoms with van der Waals surface area (Å²) in [4.78, 5) is 14.8. The standard InChI is InChI=1S/C19H21N3O/c20-11-14-7-4-8-15-17(14)16(13-5-2-1-3-6-13)12-22-10-9-21-19(23)18(15)22/h1-8,16,18H,9-12,20H2,(H,21,23)/t16-,18+/m0/s1. The van der Waals surface area contributed by atoms with Gasteiger partial charge in [-0.05, 0) is 22.3 Å². The van der Waals surface area contributed by atoms with Crippen LogP contribution in [0.2, 0.25) is 0 Å². The first-order chi connectivity index (χ1) is 11.3. The summed E-state index contributed by atoms with van der Waals surface area (Å²) in [6.45, 7) is 2.99. The summed E-state index contributed by atoms with van der Waals surface area (Å²) >= 11 is 0. The Bertz CT molecular complexity index is 729. The lowest BCUT2D eigenvalue weighted by atomic mass is 9.78. The van der Waals surface area contributed by atoms with Crippen LogP contribution in [-0.4, -0.2) is 30.4 Å². The highest BCUT2D eigenvalue weighted by atomic mass is 16.2. The monoisotopic (exact) mass is 307 g/mol. The van der Waals surface area contributed by atoms with E-state index in [1.165, 1.54) is 11.1 Å². The number of fused-ring (bicyclic) bond motifs is 3. The van der Waals surface area contributed by atoms with Crippen molar-refractivity contribution in [3.8, 4) is 0 Å². The Kier molecular flexibility index (Phi) is 3.63. The minimum absolute atomic E-state index is 0.109. The lowest BCUT2D eigenvalue weighted by molar-refractivity contribution is -0.129. The van der Waals surface area contributed by atoms with E-state index < -0.39 is 0 Å². The highest BCUT2D eigenvalue weighted by molar-refractivity contribution is 5.85. The van der Waals surface area contributed by atoms with Gasteiger partial charge in [-0.3, -0.25) is 9.69 Å². The Morgan fingerprint density at radius 2 is 1.96 bits per heavy atom. The molecule has 2 heterocycles. The number of carbonyl (C=O) groups is 1. The first-order valence-electron chi connectivity index (χ1n) is 8.18. The minimum atomic E-state index is -0.176. The van der Waals surface area contributed by atoms with E-state index in [-0.39, 0.29) is 17.9 Å². The fraction of sp³-hybridized carbons (Fsp3) is 0.316. The Morgan fingerprint density at radius 3 is 2.74 bits per heavy atom. The van der Waals surface area contributed by atoms with Crippen LogP contribution in [0.3, 0.4) is 0 Å². The lowest BCUT2D eigenvalue weighted by Gasteiger charge is -2.44. The average Bonchev–Trinajstić information content (AvgIpc) is 2.61. The van der Waals surface area contributed by atoms with E-state index in [0.717, 1.165) is 30.8 Å². The number of nitrogens with two attached hydrogens (primary N) is 1. The molecule has 4 rings (SSSR count). The molecule has 1 fully saturated rings. The molecule has 4 heteroatoms. The summed E-state index contributed by atoms with van der Waals surface area (Å²) in [7, 11) is 0. The molecule has 1 saturated heterocycles. The summed E-state index contributed by atoms with van der Waals surface area (Å²) in [6, 6.07) is 16.6. The van der Waals surface area contributed by atoms with Crippen molar-refractivity contribution in [2.75, 3.05) is 19.6 Å². The van der Waals surface area contributed by atoms with Gasteiger partial charge in [-0.1, -0.05) is 48.5 Å². The van der Waals surface area contributed by atoms with Crippen LogP contribution in [0.1, 0.15) is 34.2 Å². The smallest absolute Gasteiger partial charge is 0.242 e. The van der Waals surface area contributed by atoms with Crippen molar-refractivity contribution in [1.29, 1.82) is 0 Å². The third kappa shape index (κ3) is 2.35.